The molecule has 0 bridgehead atoms. The number of aromatic amines is 1. The monoisotopic (exact) mass is 288 g/mol. The number of likely N-dealkylation sites (tertiary alicyclic amines) is 1. The molecule has 0 amide bonds. The zero-order valence-electron chi connectivity index (χ0n) is 12.0. The van der Waals surface area contributed by atoms with Crippen LogP contribution in [0.4, 0.5) is 5.95 Å². The van der Waals surface area contributed by atoms with Crippen LogP contribution in [0.25, 0.3) is 0 Å². The number of nitrogens with zero attached hydrogens (tertiary/aromatic N) is 4. The molecule has 1 aliphatic rings. The Morgan fingerprint density at radius 3 is 2.81 bits per heavy atom. The SMILES string of the molecule is Cc1cc(C[C@@H]2CN(Cc3cnc(N)nc3)C[C@@H]2O)n[nH]1. The average molecular weight is 288 g/mol. The van der Waals surface area contributed by atoms with Crippen molar-refractivity contribution in [2.24, 2.45) is 5.92 Å². The maximum Gasteiger partial charge on any atom is 0.219 e. The number of aliphatic hydroxyl groups excluding tert-OH is 1. The predicted molar refractivity (Wildman–Crippen MR) is 78.2 cm³/mol. The highest BCUT2D eigenvalue weighted by molar-refractivity contribution is 5.17. The molecule has 3 heterocycles. The quantitative estimate of drug-likeness (QED) is 0.738. The topological polar surface area (TPSA) is 104 Å². The van der Waals surface area contributed by atoms with Gasteiger partial charge in [0.1, 0.15) is 0 Å². The molecule has 0 aromatic carbocycles. The van der Waals surface area contributed by atoms with Crippen molar-refractivity contribution in [2.75, 3.05) is 18.8 Å². The van der Waals surface area contributed by atoms with Crippen LogP contribution in [0.3, 0.4) is 0 Å². The van der Waals surface area contributed by atoms with Gasteiger partial charge in [-0.3, -0.25) is 10.00 Å². The van der Waals surface area contributed by atoms with Crippen molar-refractivity contribution in [3.63, 3.8) is 0 Å². The van der Waals surface area contributed by atoms with Gasteiger partial charge in [0, 0.05) is 49.2 Å². The molecule has 112 valence electrons. The van der Waals surface area contributed by atoms with Gasteiger partial charge in [-0.1, -0.05) is 0 Å². The lowest BCUT2D eigenvalue weighted by Gasteiger charge is -2.14. The first kappa shape index (κ1) is 14.0. The minimum Gasteiger partial charge on any atom is -0.391 e. The van der Waals surface area contributed by atoms with Crippen LogP contribution in [0.2, 0.25) is 0 Å². The highest BCUT2D eigenvalue weighted by Gasteiger charge is 2.31. The molecule has 2 aromatic rings. The maximum atomic E-state index is 10.2. The lowest BCUT2D eigenvalue weighted by atomic mass is 10.0. The van der Waals surface area contributed by atoms with Gasteiger partial charge in [-0.15, -0.1) is 0 Å². The van der Waals surface area contributed by atoms with Crippen LogP contribution in [0.5, 0.6) is 0 Å². The number of nitrogens with one attached hydrogen (secondary N) is 1. The van der Waals surface area contributed by atoms with E-state index in [1.54, 1.807) is 12.4 Å². The van der Waals surface area contributed by atoms with Crippen LogP contribution in [0, 0.1) is 12.8 Å². The molecule has 0 radical (unpaired) electrons. The summed E-state index contributed by atoms with van der Waals surface area (Å²) in [6.07, 6.45) is 3.94. The number of aryl methyl sites for hydroxylation is 1. The molecule has 1 fully saturated rings. The van der Waals surface area contributed by atoms with E-state index in [2.05, 4.69) is 25.1 Å². The minimum atomic E-state index is -0.322. The molecule has 2 atom stereocenters. The van der Waals surface area contributed by atoms with E-state index < -0.39 is 0 Å². The molecule has 0 aliphatic carbocycles. The molecule has 7 nitrogen and oxygen atoms in total. The fraction of sp³-hybridized carbons (Fsp3) is 0.500. The van der Waals surface area contributed by atoms with Crippen molar-refractivity contribution < 1.29 is 5.11 Å². The van der Waals surface area contributed by atoms with Crippen molar-refractivity contribution >= 4 is 5.95 Å². The largest absolute Gasteiger partial charge is 0.391 e. The van der Waals surface area contributed by atoms with Crippen LogP contribution >= 0.6 is 0 Å². The summed E-state index contributed by atoms with van der Waals surface area (Å²) in [6.45, 7) is 4.22. The van der Waals surface area contributed by atoms with Crippen molar-refractivity contribution in [3.8, 4) is 0 Å². The van der Waals surface area contributed by atoms with Crippen molar-refractivity contribution in [1.82, 2.24) is 25.1 Å². The smallest absolute Gasteiger partial charge is 0.219 e. The number of hydrogen-bond acceptors (Lipinski definition) is 6. The summed E-state index contributed by atoms with van der Waals surface area (Å²) in [5.74, 6) is 0.495. The number of β-amino-alcohol motifs (C(OH)–C–C–N with tert-alkyl or cyclic N) is 1. The summed E-state index contributed by atoms with van der Waals surface area (Å²) < 4.78 is 0. The second-order valence-electron chi connectivity index (χ2n) is 5.72. The first-order chi connectivity index (χ1) is 10.1. The zero-order valence-corrected chi connectivity index (χ0v) is 12.0. The summed E-state index contributed by atoms with van der Waals surface area (Å²) >= 11 is 0. The van der Waals surface area contributed by atoms with E-state index in [1.807, 2.05) is 13.0 Å². The minimum absolute atomic E-state index is 0.211. The molecule has 7 heteroatoms. The van der Waals surface area contributed by atoms with E-state index >= 15 is 0 Å². The Bertz CT molecular complexity index is 596. The fourth-order valence-electron chi connectivity index (χ4n) is 2.82. The van der Waals surface area contributed by atoms with E-state index in [0.29, 0.717) is 6.54 Å². The third-order valence-corrected chi connectivity index (χ3v) is 3.84. The van der Waals surface area contributed by atoms with Gasteiger partial charge >= 0.3 is 0 Å². The lowest BCUT2D eigenvalue weighted by Crippen LogP contribution is -2.21. The first-order valence-corrected chi connectivity index (χ1v) is 7.08. The molecule has 1 saturated heterocycles. The fourth-order valence-corrected chi connectivity index (χ4v) is 2.82. The first-order valence-electron chi connectivity index (χ1n) is 7.08. The standard InChI is InChI=1S/C14H20N6O/c1-9-2-12(19-18-9)3-11-7-20(8-13(11)21)6-10-4-16-14(15)17-5-10/h2,4-5,11,13,21H,3,6-8H2,1H3,(H,18,19)(H2,15,16,17)/t11-,13+/m1/s1. The Labute approximate surface area is 123 Å². The van der Waals surface area contributed by atoms with Crippen LogP contribution in [-0.2, 0) is 13.0 Å². The van der Waals surface area contributed by atoms with E-state index in [-0.39, 0.29) is 18.0 Å². The zero-order chi connectivity index (χ0) is 14.8. The van der Waals surface area contributed by atoms with E-state index in [4.69, 9.17) is 5.73 Å². The number of nitrogens with two attached hydrogens (primary N) is 1. The molecule has 3 rings (SSSR count). The molecule has 0 saturated carbocycles. The van der Waals surface area contributed by atoms with Gasteiger partial charge in [-0.2, -0.15) is 5.10 Å². The summed E-state index contributed by atoms with van der Waals surface area (Å²) in [6, 6.07) is 2.03. The normalized spacial score (nSPS) is 22.8. The third-order valence-electron chi connectivity index (χ3n) is 3.84. The van der Waals surface area contributed by atoms with Crippen molar-refractivity contribution in [1.29, 1.82) is 0 Å². The number of aliphatic hydroxyl groups is 1. The molecule has 4 N–H and O–H groups in total. The van der Waals surface area contributed by atoms with Crippen molar-refractivity contribution in [2.45, 2.75) is 26.0 Å². The number of anilines is 1. The lowest BCUT2D eigenvalue weighted by molar-refractivity contribution is 0.140. The Morgan fingerprint density at radius 1 is 1.38 bits per heavy atom. The van der Waals surface area contributed by atoms with Crippen LogP contribution < -0.4 is 5.73 Å². The average Bonchev–Trinajstić information content (AvgIpc) is 3.00. The second-order valence-corrected chi connectivity index (χ2v) is 5.72. The second kappa shape index (κ2) is 5.79. The van der Waals surface area contributed by atoms with Crippen LogP contribution in [0.15, 0.2) is 18.5 Å². The van der Waals surface area contributed by atoms with Gasteiger partial charge in [-0.25, -0.2) is 9.97 Å². The van der Waals surface area contributed by atoms with Gasteiger partial charge in [-0.05, 0) is 19.4 Å². The van der Waals surface area contributed by atoms with E-state index in [1.165, 1.54) is 0 Å². The molecular formula is C14H20N6O. The number of rotatable bonds is 4. The Hall–Kier alpha value is -1.99. The van der Waals surface area contributed by atoms with Crippen LogP contribution in [0.1, 0.15) is 17.0 Å². The summed E-state index contributed by atoms with van der Waals surface area (Å²) in [4.78, 5) is 10.2. The molecule has 0 spiro atoms. The van der Waals surface area contributed by atoms with Gasteiger partial charge in [0.15, 0.2) is 0 Å². The van der Waals surface area contributed by atoms with Gasteiger partial charge in [0.25, 0.3) is 0 Å². The van der Waals surface area contributed by atoms with Gasteiger partial charge in [0.2, 0.25) is 5.95 Å². The molecular weight excluding hydrogens is 268 g/mol. The number of nitrogen functional groups attached to an aromatic ring is 1. The Balaban J connectivity index is 1.59. The summed E-state index contributed by atoms with van der Waals surface area (Å²) in [5.41, 5.74) is 8.55. The molecule has 0 unspecified atom stereocenters. The number of H-pyrrole nitrogens is 1. The van der Waals surface area contributed by atoms with Gasteiger partial charge in [0.05, 0.1) is 11.8 Å². The van der Waals surface area contributed by atoms with Crippen LogP contribution in [-0.4, -0.2) is 49.4 Å². The summed E-state index contributed by atoms with van der Waals surface area (Å²) in [5, 5.41) is 17.4. The molecule has 2 aromatic heterocycles. The highest BCUT2D eigenvalue weighted by Crippen LogP contribution is 2.22. The highest BCUT2D eigenvalue weighted by atomic mass is 16.3. The predicted octanol–water partition coefficient (Wildman–Crippen LogP) is 0.126. The van der Waals surface area contributed by atoms with E-state index in [0.717, 1.165) is 36.5 Å². The summed E-state index contributed by atoms with van der Waals surface area (Å²) in [7, 11) is 0. The molecule has 1 aliphatic heterocycles. The van der Waals surface area contributed by atoms with Gasteiger partial charge < -0.3 is 10.8 Å². The number of hydrogen-bond donors (Lipinski definition) is 3. The third kappa shape index (κ3) is 3.37. The van der Waals surface area contributed by atoms with E-state index in [9.17, 15) is 5.11 Å². The maximum absolute atomic E-state index is 10.2. The van der Waals surface area contributed by atoms with Crippen molar-refractivity contribution in [3.05, 3.63) is 35.4 Å². The number of aromatic nitrogens is 4. The Kier molecular flexibility index (Phi) is 3.85. The molecule has 21 heavy (non-hydrogen) atoms. The Morgan fingerprint density at radius 2 is 2.14 bits per heavy atom.